The van der Waals surface area contributed by atoms with Crippen LogP contribution in [0.1, 0.15) is 29.3 Å². The fraction of sp³-hybridized carbons (Fsp3) is 0.417. The topological polar surface area (TPSA) is 68.3 Å². The Kier molecular flexibility index (Phi) is 7.76. The molecule has 1 saturated heterocycles. The summed E-state index contributed by atoms with van der Waals surface area (Å²) in [7, 11) is 3.17. The Balaban J connectivity index is 1.52. The highest BCUT2D eigenvalue weighted by atomic mass is 16.5. The number of benzene rings is 2. The molecule has 0 N–H and O–H groups in total. The van der Waals surface area contributed by atoms with Gasteiger partial charge < -0.3 is 24.0 Å². The lowest BCUT2D eigenvalue weighted by Crippen LogP contribution is -2.50. The zero-order valence-electron chi connectivity index (χ0n) is 18.4. The monoisotopic (exact) mass is 426 g/mol. The first kappa shape index (κ1) is 22.5. The van der Waals surface area contributed by atoms with Gasteiger partial charge in [0.1, 0.15) is 5.75 Å². The average molecular weight is 427 g/mol. The van der Waals surface area contributed by atoms with E-state index < -0.39 is 0 Å². The Morgan fingerprint density at radius 2 is 1.55 bits per heavy atom. The van der Waals surface area contributed by atoms with Crippen molar-refractivity contribution >= 4 is 11.8 Å². The van der Waals surface area contributed by atoms with Crippen molar-refractivity contribution in [3.63, 3.8) is 0 Å². The summed E-state index contributed by atoms with van der Waals surface area (Å²) in [5, 5.41) is 0. The lowest BCUT2D eigenvalue weighted by molar-refractivity contribution is -0.132. The molecule has 3 rings (SSSR count). The maximum absolute atomic E-state index is 12.8. The third-order valence-electron chi connectivity index (χ3n) is 5.41. The molecular weight excluding hydrogens is 396 g/mol. The van der Waals surface area contributed by atoms with E-state index >= 15 is 0 Å². The van der Waals surface area contributed by atoms with Crippen LogP contribution in [0.3, 0.4) is 0 Å². The van der Waals surface area contributed by atoms with Crippen LogP contribution >= 0.6 is 0 Å². The van der Waals surface area contributed by atoms with E-state index in [1.54, 1.807) is 31.3 Å². The fourth-order valence-corrected chi connectivity index (χ4v) is 3.70. The molecule has 1 fully saturated rings. The van der Waals surface area contributed by atoms with Gasteiger partial charge in [-0.2, -0.15) is 0 Å². The van der Waals surface area contributed by atoms with Crippen molar-refractivity contribution in [3.8, 4) is 17.2 Å². The number of methoxy groups -OCH3 is 2. The van der Waals surface area contributed by atoms with E-state index in [2.05, 4.69) is 0 Å². The van der Waals surface area contributed by atoms with Crippen LogP contribution in [0.15, 0.2) is 42.5 Å². The first-order chi connectivity index (χ1) is 15.1. The number of ether oxygens (including phenoxy) is 3. The standard InChI is InChI=1S/C24H30N2O5/c1-4-31-21-11-9-18(17-22(21)30-3)10-12-23(27)25-13-15-26(16-14-25)24(28)19-7-5-6-8-20(19)29-2/h5-9,11,17H,4,10,12-16H2,1-3H3. The summed E-state index contributed by atoms with van der Waals surface area (Å²) in [5.74, 6) is 1.98. The second-order valence-corrected chi connectivity index (χ2v) is 7.29. The summed E-state index contributed by atoms with van der Waals surface area (Å²) in [5.41, 5.74) is 1.58. The highest BCUT2D eigenvalue weighted by Crippen LogP contribution is 2.28. The predicted molar refractivity (Wildman–Crippen MR) is 118 cm³/mol. The van der Waals surface area contributed by atoms with Gasteiger partial charge in [0.2, 0.25) is 5.91 Å². The summed E-state index contributed by atoms with van der Waals surface area (Å²) >= 11 is 0. The minimum Gasteiger partial charge on any atom is -0.496 e. The molecule has 0 atom stereocenters. The number of nitrogens with zero attached hydrogens (tertiary/aromatic N) is 2. The molecule has 0 spiro atoms. The van der Waals surface area contributed by atoms with Crippen molar-refractivity contribution < 1.29 is 23.8 Å². The lowest BCUT2D eigenvalue weighted by Gasteiger charge is -2.35. The average Bonchev–Trinajstić information content (AvgIpc) is 2.82. The SMILES string of the molecule is CCOc1ccc(CCC(=O)N2CCN(C(=O)c3ccccc3OC)CC2)cc1OC. The van der Waals surface area contributed by atoms with Gasteiger partial charge in [0, 0.05) is 32.6 Å². The molecule has 0 bridgehead atoms. The Bertz CT molecular complexity index is 907. The minimum atomic E-state index is -0.0639. The summed E-state index contributed by atoms with van der Waals surface area (Å²) in [6.45, 7) is 4.59. The molecule has 1 aliphatic heterocycles. The second kappa shape index (κ2) is 10.7. The van der Waals surface area contributed by atoms with E-state index in [0.29, 0.717) is 68.4 Å². The van der Waals surface area contributed by atoms with Gasteiger partial charge in [-0.3, -0.25) is 9.59 Å². The van der Waals surface area contributed by atoms with Crippen molar-refractivity contribution in [2.45, 2.75) is 19.8 Å². The van der Waals surface area contributed by atoms with Crippen LogP contribution in [0.2, 0.25) is 0 Å². The molecule has 2 aromatic carbocycles. The number of carbonyl (C=O) groups excluding carboxylic acids is 2. The smallest absolute Gasteiger partial charge is 0.257 e. The van der Waals surface area contributed by atoms with Gasteiger partial charge in [-0.1, -0.05) is 18.2 Å². The molecule has 166 valence electrons. The normalized spacial score (nSPS) is 13.6. The maximum Gasteiger partial charge on any atom is 0.257 e. The van der Waals surface area contributed by atoms with Crippen LogP contribution in [-0.4, -0.2) is 68.6 Å². The van der Waals surface area contributed by atoms with Crippen molar-refractivity contribution in [1.82, 2.24) is 9.80 Å². The van der Waals surface area contributed by atoms with Gasteiger partial charge in [-0.05, 0) is 43.2 Å². The number of hydrogen-bond acceptors (Lipinski definition) is 5. The molecule has 0 aromatic heterocycles. The number of hydrogen-bond donors (Lipinski definition) is 0. The summed E-state index contributed by atoms with van der Waals surface area (Å²) in [4.78, 5) is 29.1. The molecule has 7 heteroatoms. The number of para-hydroxylation sites is 1. The van der Waals surface area contributed by atoms with E-state index in [4.69, 9.17) is 14.2 Å². The Morgan fingerprint density at radius 3 is 2.23 bits per heavy atom. The zero-order valence-corrected chi connectivity index (χ0v) is 18.4. The van der Waals surface area contributed by atoms with Crippen LogP contribution in [0.4, 0.5) is 0 Å². The molecule has 0 aliphatic carbocycles. The second-order valence-electron chi connectivity index (χ2n) is 7.29. The molecule has 0 unspecified atom stereocenters. The predicted octanol–water partition coefficient (Wildman–Crippen LogP) is 3.02. The summed E-state index contributed by atoms with van der Waals surface area (Å²) < 4.78 is 16.2. The largest absolute Gasteiger partial charge is 0.496 e. The highest BCUT2D eigenvalue weighted by Gasteiger charge is 2.26. The Hall–Kier alpha value is -3.22. The Labute approximate surface area is 183 Å². The van der Waals surface area contributed by atoms with Crippen LogP contribution in [-0.2, 0) is 11.2 Å². The van der Waals surface area contributed by atoms with Crippen LogP contribution in [0, 0.1) is 0 Å². The zero-order chi connectivity index (χ0) is 22.2. The van der Waals surface area contributed by atoms with Crippen molar-refractivity contribution in [3.05, 3.63) is 53.6 Å². The maximum atomic E-state index is 12.8. The molecule has 1 heterocycles. The molecule has 31 heavy (non-hydrogen) atoms. The number of aryl methyl sites for hydroxylation is 1. The first-order valence-electron chi connectivity index (χ1n) is 10.6. The van der Waals surface area contributed by atoms with Crippen molar-refractivity contribution in [2.24, 2.45) is 0 Å². The third kappa shape index (κ3) is 5.48. The van der Waals surface area contributed by atoms with Gasteiger partial charge in [0.05, 0.1) is 26.4 Å². The van der Waals surface area contributed by atoms with E-state index in [-0.39, 0.29) is 11.8 Å². The van der Waals surface area contributed by atoms with Gasteiger partial charge in [0.25, 0.3) is 5.91 Å². The molecule has 7 nitrogen and oxygen atoms in total. The van der Waals surface area contributed by atoms with Gasteiger partial charge in [-0.25, -0.2) is 0 Å². The number of amides is 2. The molecule has 2 amide bonds. The van der Waals surface area contributed by atoms with Gasteiger partial charge >= 0.3 is 0 Å². The van der Waals surface area contributed by atoms with E-state index in [1.807, 2.05) is 42.2 Å². The van der Waals surface area contributed by atoms with Crippen LogP contribution in [0.5, 0.6) is 17.2 Å². The van der Waals surface area contributed by atoms with Crippen molar-refractivity contribution in [1.29, 1.82) is 0 Å². The molecule has 2 aromatic rings. The minimum absolute atomic E-state index is 0.0639. The number of rotatable bonds is 8. The number of piperazine rings is 1. The van der Waals surface area contributed by atoms with Crippen LogP contribution in [0.25, 0.3) is 0 Å². The summed E-state index contributed by atoms with van der Waals surface area (Å²) in [6.07, 6.45) is 1.04. The third-order valence-corrected chi connectivity index (χ3v) is 5.41. The first-order valence-corrected chi connectivity index (χ1v) is 10.6. The van der Waals surface area contributed by atoms with Gasteiger partial charge in [0.15, 0.2) is 11.5 Å². The van der Waals surface area contributed by atoms with Crippen LogP contribution < -0.4 is 14.2 Å². The van der Waals surface area contributed by atoms with E-state index in [1.165, 1.54) is 0 Å². The molecule has 0 saturated carbocycles. The van der Waals surface area contributed by atoms with Gasteiger partial charge in [-0.15, -0.1) is 0 Å². The quantitative estimate of drug-likeness (QED) is 0.649. The van der Waals surface area contributed by atoms with E-state index in [0.717, 1.165) is 5.56 Å². The van der Waals surface area contributed by atoms with E-state index in [9.17, 15) is 9.59 Å². The summed E-state index contributed by atoms with van der Waals surface area (Å²) in [6, 6.07) is 13.0. The highest BCUT2D eigenvalue weighted by molar-refractivity contribution is 5.97. The molecule has 0 radical (unpaired) electrons. The van der Waals surface area contributed by atoms with Crippen molar-refractivity contribution in [2.75, 3.05) is 47.0 Å². The Morgan fingerprint density at radius 1 is 0.871 bits per heavy atom. The number of carbonyl (C=O) groups is 2. The lowest BCUT2D eigenvalue weighted by atomic mass is 10.1. The molecular formula is C24H30N2O5. The molecule has 1 aliphatic rings. The fourth-order valence-electron chi connectivity index (χ4n) is 3.70.